The first kappa shape index (κ1) is 16.4. The summed E-state index contributed by atoms with van der Waals surface area (Å²) in [6, 6.07) is 8.67. The molecule has 1 aromatic heterocycles. The fourth-order valence-corrected chi connectivity index (χ4v) is 3.10. The van der Waals surface area contributed by atoms with E-state index in [1.165, 1.54) is 36.4 Å². The SMILES string of the molecule is Cc1ccc(C(CNC(=O)c2nccnc2N)N2CCCC2)cc1. The van der Waals surface area contributed by atoms with E-state index in [-0.39, 0.29) is 23.5 Å². The van der Waals surface area contributed by atoms with Crippen LogP contribution in [-0.4, -0.2) is 40.4 Å². The number of amides is 1. The lowest BCUT2D eigenvalue weighted by molar-refractivity contribution is 0.0933. The van der Waals surface area contributed by atoms with Gasteiger partial charge in [-0.15, -0.1) is 0 Å². The predicted octanol–water partition coefficient (Wildman–Crippen LogP) is 1.93. The van der Waals surface area contributed by atoms with E-state index in [2.05, 4.69) is 51.4 Å². The van der Waals surface area contributed by atoms with Crippen LogP contribution in [0.5, 0.6) is 0 Å². The Kier molecular flexibility index (Phi) is 5.05. The number of anilines is 1. The predicted molar refractivity (Wildman–Crippen MR) is 93.5 cm³/mol. The molecule has 1 unspecified atom stereocenters. The molecule has 1 aliphatic rings. The Hall–Kier alpha value is -2.47. The molecule has 1 saturated heterocycles. The molecule has 0 bridgehead atoms. The van der Waals surface area contributed by atoms with Gasteiger partial charge in [-0.3, -0.25) is 9.69 Å². The molecule has 1 fully saturated rings. The van der Waals surface area contributed by atoms with Gasteiger partial charge in [-0.25, -0.2) is 9.97 Å². The van der Waals surface area contributed by atoms with Crippen LogP contribution in [0.4, 0.5) is 5.82 Å². The van der Waals surface area contributed by atoms with Crippen LogP contribution in [0.15, 0.2) is 36.7 Å². The minimum Gasteiger partial charge on any atom is -0.382 e. The fraction of sp³-hybridized carbons (Fsp3) is 0.389. The van der Waals surface area contributed by atoms with Crippen molar-refractivity contribution >= 4 is 11.7 Å². The molecule has 0 aliphatic carbocycles. The lowest BCUT2D eigenvalue weighted by Crippen LogP contribution is -2.37. The van der Waals surface area contributed by atoms with E-state index in [0.29, 0.717) is 6.54 Å². The van der Waals surface area contributed by atoms with Crippen LogP contribution in [0.25, 0.3) is 0 Å². The summed E-state index contributed by atoms with van der Waals surface area (Å²) in [4.78, 5) is 22.7. The Balaban J connectivity index is 1.73. The number of hydrogen-bond donors (Lipinski definition) is 2. The van der Waals surface area contributed by atoms with Crippen LogP contribution in [0.1, 0.15) is 40.5 Å². The molecule has 0 spiro atoms. The van der Waals surface area contributed by atoms with Crippen molar-refractivity contribution in [3.63, 3.8) is 0 Å². The van der Waals surface area contributed by atoms with Gasteiger partial charge >= 0.3 is 0 Å². The Bertz CT molecular complexity index is 695. The van der Waals surface area contributed by atoms with E-state index < -0.39 is 0 Å². The molecule has 6 heteroatoms. The van der Waals surface area contributed by atoms with Gasteiger partial charge in [0.05, 0.1) is 6.04 Å². The monoisotopic (exact) mass is 325 g/mol. The summed E-state index contributed by atoms with van der Waals surface area (Å²) in [5.41, 5.74) is 8.36. The number of nitrogens with zero attached hydrogens (tertiary/aromatic N) is 3. The Morgan fingerprint density at radius 1 is 1.21 bits per heavy atom. The largest absolute Gasteiger partial charge is 0.382 e. The molecule has 3 rings (SSSR count). The van der Waals surface area contributed by atoms with Crippen molar-refractivity contribution in [2.24, 2.45) is 0 Å². The molecule has 1 aliphatic heterocycles. The number of benzene rings is 1. The van der Waals surface area contributed by atoms with Crippen LogP contribution >= 0.6 is 0 Å². The van der Waals surface area contributed by atoms with Crippen molar-refractivity contribution in [3.8, 4) is 0 Å². The van der Waals surface area contributed by atoms with Gasteiger partial charge in [-0.2, -0.15) is 0 Å². The maximum atomic E-state index is 12.4. The van der Waals surface area contributed by atoms with Crippen LogP contribution in [0.3, 0.4) is 0 Å². The number of carbonyl (C=O) groups excluding carboxylic acids is 1. The molecule has 6 nitrogen and oxygen atoms in total. The summed E-state index contributed by atoms with van der Waals surface area (Å²) >= 11 is 0. The number of carbonyl (C=O) groups is 1. The van der Waals surface area contributed by atoms with Crippen molar-refractivity contribution in [1.29, 1.82) is 0 Å². The van der Waals surface area contributed by atoms with E-state index in [9.17, 15) is 4.79 Å². The topological polar surface area (TPSA) is 84.1 Å². The standard InChI is InChI=1S/C18H23N5O/c1-13-4-6-14(7-5-13)15(23-10-2-3-11-23)12-22-18(24)16-17(19)21-9-8-20-16/h4-9,15H,2-3,10-12H2,1H3,(H2,19,21)(H,22,24). The third-order valence-corrected chi connectivity index (χ3v) is 4.44. The number of aryl methyl sites for hydroxylation is 1. The number of nitrogens with one attached hydrogen (secondary N) is 1. The third-order valence-electron chi connectivity index (χ3n) is 4.44. The Morgan fingerprint density at radius 3 is 2.54 bits per heavy atom. The molecule has 24 heavy (non-hydrogen) atoms. The molecule has 3 N–H and O–H groups in total. The van der Waals surface area contributed by atoms with Gasteiger partial charge in [-0.05, 0) is 38.4 Å². The van der Waals surface area contributed by atoms with Crippen molar-refractivity contribution in [2.45, 2.75) is 25.8 Å². The first-order chi connectivity index (χ1) is 11.6. The lowest BCUT2D eigenvalue weighted by atomic mass is 10.0. The average molecular weight is 325 g/mol. The summed E-state index contributed by atoms with van der Waals surface area (Å²) in [5.74, 6) is -0.125. The summed E-state index contributed by atoms with van der Waals surface area (Å²) in [6.45, 7) is 4.72. The molecular formula is C18H23N5O. The number of hydrogen-bond acceptors (Lipinski definition) is 5. The quantitative estimate of drug-likeness (QED) is 0.877. The maximum Gasteiger partial charge on any atom is 0.273 e. The van der Waals surface area contributed by atoms with E-state index in [1.54, 1.807) is 0 Å². The molecule has 0 radical (unpaired) electrons. The highest BCUT2D eigenvalue weighted by molar-refractivity contribution is 5.96. The maximum absolute atomic E-state index is 12.4. The van der Waals surface area contributed by atoms with Gasteiger partial charge < -0.3 is 11.1 Å². The summed E-state index contributed by atoms with van der Waals surface area (Å²) in [5, 5.41) is 2.97. The second-order valence-electron chi connectivity index (χ2n) is 6.17. The minimum absolute atomic E-state index is 0.156. The van der Waals surface area contributed by atoms with Gasteiger partial charge in [0, 0.05) is 18.9 Å². The number of rotatable bonds is 5. The van der Waals surface area contributed by atoms with Crippen molar-refractivity contribution in [2.75, 3.05) is 25.4 Å². The number of likely N-dealkylation sites (tertiary alicyclic amines) is 1. The first-order valence-corrected chi connectivity index (χ1v) is 8.30. The van der Waals surface area contributed by atoms with E-state index >= 15 is 0 Å². The van der Waals surface area contributed by atoms with E-state index in [4.69, 9.17) is 5.73 Å². The van der Waals surface area contributed by atoms with Gasteiger partial charge in [0.2, 0.25) is 0 Å². The number of nitrogen functional groups attached to an aromatic ring is 1. The normalized spacial score (nSPS) is 16.0. The zero-order valence-electron chi connectivity index (χ0n) is 13.9. The van der Waals surface area contributed by atoms with Crippen LogP contribution in [0, 0.1) is 6.92 Å². The van der Waals surface area contributed by atoms with E-state index in [0.717, 1.165) is 13.1 Å². The smallest absolute Gasteiger partial charge is 0.273 e. The second kappa shape index (κ2) is 7.40. The average Bonchev–Trinajstić information content (AvgIpc) is 3.11. The molecule has 2 heterocycles. The lowest BCUT2D eigenvalue weighted by Gasteiger charge is -2.28. The fourth-order valence-electron chi connectivity index (χ4n) is 3.10. The minimum atomic E-state index is -0.281. The van der Waals surface area contributed by atoms with E-state index in [1.807, 2.05) is 0 Å². The first-order valence-electron chi connectivity index (χ1n) is 8.30. The van der Waals surface area contributed by atoms with Crippen molar-refractivity contribution in [3.05, 3.63) is 53.5 Å². The van der Waals surface area contributed by atoms with Crippen molar-refractivity contribution < 1.29 is 4.79 Å². The molecule has 0 saturated carbocycles. The Labute approximate surface area is 142 Å². The molecular weight excluding hydrogens is 302 g/mol. The van der Waals surface area contributed by atoms with Crippen LogP contribution in [-0.2, 0) is 0 Å². The number of aromatic nitrogens is 2. The van der Waals surface area contributed by atoms with Gasteiger partial charge in [-0.1, -0.05) is 29.8 Å². The Morgan fingerprint density at radius 2 is 1.88 bits per heavy atom. The molecule has 2 aromatic rings. The highest BCUT2D eigenvalue weighted by Gasteiger charge is 2.24. The van der Waals surface area contributed by atoms with Crippen LogP contribution in [0.2, 0.25) is 0 Å². The second-order valence-corrected chi connectivity index (χ2v) is 6.17. The zero-order valence-corrected chi connectivity index (χ0v) is 13.9. The summed E-state index contributed by atoms with van der Waals surface area (Å²) in [7, 11) is 0. The molecule has 1 atom stereocenters. The van der Waals surface area contributed by atoms with Gasteiger partial charge in [0.25, 0.3) is 5.91 Å². The molecule has 1 amide bonds. The zero-order chi connectivity index (χ0) is 16.9. The molecule has 1 aromatic carbocycles. The van der Waals surface area contributed by atoms with Crippen molar-refractivity contribution in [1.82, 2.24) is 20.2 Å². The number of nitrogens with two attached hydrogens (primary N) is 1. The van der Waals surface area contributed by atoms with Gasteiger partial charge in [0.1, 0.15) is 0 Å². The highest BCUT2D eigenvalue weighted by Crippen LogP contribution is 2.25. The summed E-state index contributed by atoms with van der Waals surface area (Å²) in [6.07, 6.45) is 5.36. The van der Waals surface area contributed by atoms with Gasteiger partial charge in [0.15, 0.2) is 11.5 Å². The highest BCUT2D eigenvalue weighted by atomic mass is 16.1. The summed E-state index contributed by atoms with van der Waals surface area (Å²) < 4.78 is 0. The molecule has 126 valence electrons. The van der Waals surface area contributed by atoms with Crippen LogP contribution < -0.4 is 11.1 Å². The third kappa shape index (κ3) is 3.71.